The van der Waals surface area contributed by atoms with E-state index in [0.29, 0.717) is 18.4 Å². The third kappa shape index (κ3) is 7.43. The molecular weight excluding hydrogens is 329 g/mol. The lowest BCUT2D eigenvalue weighted by molar-refractivity contribution is -0.172. The predicted octanol–water partition coefficient (Wildman–Crippen LogP) is 6.70. The van der Waals surface area contributed by atoms with Gasteiger partial charge in [-0.25, -0.2) is 0 Å². The summed E-state index contributed by atoms with van der Waals surface area (Å²) in [4.78, 5) is 0. The van der Waals surface area contributed by atoms with Gasteiger partial charge in [0.15, 0.2) is 0 Å². The zero-order valence-electron chi connectivity index (χ0n) is 10.6. The molecule has 0 unspecified atom stereocenters. The molecule has 0 spiro atoms. The van der Waals surface area contributed by atoms with E-state index in [1.165, 1.54) is 0 Å². The average Bonchev–Trinajstić information content (AvgIpc) is 2.23. The van der Waals surface area contributed by atoms with Crippen molar-refractivity contribution in [3.8, 4) is 0 Å². The third-order valence-corrected chi connectivity index (χ3v) is 3.04. The molecule has 0 aromatic heterocycles. The number of halogens is 8. The normalized spacial score (nSPS) is 12.2. The van der Waals surface area contributed by atoms with Crippen LogP contribution in [0.15, 0.2) is 21.7 Å². The van der Waals surface area contributed by atoms with E-state index in [1.807, 2.05) is 6.92 Å². The lowest BCUT2D eigenvalue weighted by Gasteiger charge is -2.15. The van der Waals surface area contributed by atoms with Crippen molar-refractivity contribution in [3.05, 3.63) is 21.7 Å². The molecule has 0 saturated carbocycles. The Kier molecular flexibility index (Phi) is 8.03. The molecule has 8 heteroatoms. The number of allylic oxidation sites excluding steroid dienone is 3. The minimum absolute atomic E-state index is 0.0298. The second kappa shape index (κ2) is 8.17. The Bertz CT molecular complexity index is 345. The topological polar surface area (TPSA) is 0 Å². The molecule has 0 aromatic rings. The van der Waals surface area contributed by atoms with Crippen molar-refractivity contribution in [1.82, 2.24) is 0 Å². The van der Waals surface area contributed by atoms with Gasteiger partial charge in [-0.1, -0.05) is 42.6 Å². The molecule has 0 bridgehead atoms. The minimum Gasteiger partial charge on any atom is -0.166 e. The molecule has 0 aliphatic rings. The second-order valence-electron chi connectivity index (χ2n) is 4.12. The highest BCUT2D eigenvalue weighted by Gasteiger charge is 2.50. The van der Waals surface area contributed by atoms with E-state index in [-0.39, 0.29) is 17.0 Å². The van der Waals surface area contributed by atoms with Crippen LogP contribution in [0, 0.1) is 0 Å². The van der Waals surface area contributed by atoms with Crippen molar-refractivity contribution in [2.75, 3.05) is 0 Å². The van der Waals surface area contributed by atoms with Gasteiger partial charge in [-0.2, -0.15) is 26.3 Å². The Morgan fingerprint density at radius 1 is 0.950 bits per heavy atom. The first-order valence-electron chi connectivity index (χ1n) is 5.87. The van der Waals surface area contributed by atoms with Gasteiger partial charge < -0.3 is 0 Å². The van der Waals surface area contributed by atoms with Crippen LogP contribution >= 0.6 is 23.2 Å². The summed E-state index contributed by atoms with van der Waals surface area (Å²) in [5, 5.41) is 0. The Labute approximate surface area is 123 Å². The molecule has 0 amide bonds. The number of hydrogen-bond donors (Lipinski definition) is 0. The van der Waals surface area contributed by atoms with Crippen molar-refractivity contribution in [2.24, 2.45) is 0 Å². The number of unbranched alkanes of at least 4 members (excludes halogenated alkanes) is 1. The molecule has 0 radical (unpaired) electrons. The highest BCUT2D eigenvalue weighted by Crippen LogP contribution is 2.39. The fraction of sp³-hybridized carbons (Fsp3) is 0.667. The summed E-state index contributed by atoms with van der Waals surface area (Å²) in [7, 11) is 0. The van der Waals surface area contributed by atoms with Gasteiger partial charge in [0.25, 0.3) is 0 Å². The van der Waals surface area contributed by atoms with Crippen LogP contribution in [0.1, 0.15) is 39.0 Å². The van der Waals surface area contributed by atoms with E-state index in [4.69, 9.17) is 23.2 Å². The fourth-order valence-electron chi connectivity index (χ4n) is 1.49. The SMILES string of the molecule is CCCCC(CCC=C(C(F)(F)F)C(F)(F)F)=C(Cl)Cl. The lowest BCUT2D eigenvalue weighted by Crippen LogP contribution is -2.26. The third-order valence-electron chi connectivity index (χ3n) is 2.50. The van der Waals surface area contributed by atoms with Crippen LogP contribution in [-0.4, -0.2) is 12.4 Å². The van der Waals surface area contributed by atoms with Crippen molar-refractivity contribution in [3.63, 3.8) is 0 Å². The second-order valence-corrected chi connectivity index (χ2v) is 5.07. The van der Waals surface area contributed by atoms with Gasteiger partial charge in [0.05, 0.1) is 0 Å². The standard InChI is InChI=1S/C12H14Cl2F6/c1-2-3-5-8(10(13)14)6-4-7-9(11(15,16)17)12(18,19)20/h7H,2-6H2,1H3. The molecule has 0 rings (SSSR count). The Balaban J connectivity index is 4.86. The zero-order chi connectivity index (χ0) is 16.0. The molecular formula is C12H14Cl2F6. The van der Waals surface area contributed by atoms with Crippen LogP contribution < -0.4 is 0 Å². The average molecular weight is 343 g/mol. The maximum absolute atomic E-state index is 12.2. The quantitative estimate of drug-likeness (QED) is 0.372. The summed E-state index contributed by atoms with van der Waals surface area (Å²) in [5.41, 5.74) is -2.03. The summed E-state index contributed by atoms with van der Waals surface area (Å²) in [5.74, 6) is 0. The molecule has 0 atom stereocenters. The molecule has 0 N–H and O–H groups in total. The Hall–Kier alpha value is -0.360. The smallest absolute Gasteiger partial charge is 0.166 e. The van der Waals surface area contributed by atoms with E-state index in [2.05, 4.69) is 0 Å². The highest BCUT2D eigenvalue weighted by atomic mass is 35.5. The van der Waals surface area contributed by atoms with Gasteiger partial charge in [0.1, 0.15) is 10.1 Å². The first-order chi connectivity index (χ1) is 9.00. The number of alkyl halides is 6. The molecule has 20 heavy (non-hydrogen) atoms. The fourth-order valence-corrected chi connectivity index (χ4v) is 1.87. The van der Waals surface area contributed by atoms with Gasteiger partial charge in [-0.05, 0) is 31.3 Å². The summed E-state index contributed by atoms with van der Waals surface area (Å²) in [6.45, 7) is 1.89. The van der Waals surface area contributed by atoms with E-state index in [1.54, 1.807) is 0 Å². The van der Waals surface area contributed by atoms with E-state index < -0.39 is 24.3 Å². The van der Waals surface area contributed by atoms with E-state index >= 15 is 0 Å². The minimum atomic E-state index is -5.42. The van der Waals surface area contributed by atoms with Crippen molar-refractivity contribution >= 4 is 23.2 Å². The maximum atomic E-state index is 12.2. The molecule has 0 saturated heterocycles. The highest BCUT2D eigenvalue weighted by molar-refractivity contribution is 6.56. The summed E-state index contributed by atoms with van der Waals surface area (Å²) in [6, 6.07) is 0. The first kappa shape index (κ1) is 19.6. The molecule has 0 nitrogen and oxygen atoms in total. The zero-order valence-corrected chi connectivity index (χ0v) is 12.1. The van der Waals surface area contributed by atoms with Crippen molar-refractivity contribution in [1.29, 1.82) is 0 Å². The van der Waals surface area contributed by atoms with E-state index in [9.17, 15) is 26.3 Å². The molecule has 118 valence electrons. The Morgan fingerprint density at radius 3 is 1.80 bits per heavy atom. The number of rotatable bonds is 6. The maximum Gasteiger partial charge on any atom is 0.420 e. The Morgan fingerprint density at radius 2 is 1.45 bits per heavy atom. The van der Waals surface area contributed by atoms with Gasteiger partial charge in [-0.15, -0.1) is 0 Å². The number of hydrogen-bond acceptors (Lipinski definition) is 0. The van der Waals surface area contributed by atoms with E-state index in [0.717, 1.165) is 6.42 Å². The molecule has 0 heterocycles. The summed E-state index contributed by atoms with van der Waals surface area (Å²) in [6.07, 6.45) is -9.16. The van der Waals surface area contributed by atoms with Crippen LogP contribution in [0.2, 0.25) is 0 Å². The van der Waals surface area contributed by atoms with Crippen LogP contribution in [-0.2, 0) is 0 Å². The van der Waals surface area contributed by atoms with Gasteiger partial charge in [0.2, 0.25) is 0 Å². The van der Waals surface area contributed by atoms with Crippen molar-refractivity contribution < 1.29 is 26.3 Å². The molecule has 0 aromatic carbocycles. The van der Waals surface area contributed by atoms with Crippen LogP contribution in [0.5, 0.6) is 0 Å². The van der Waals surface area contributed by atoms with Gasteiger partial charge in [0, 0.05) is 0 Å². The van der Waals surface area contributed by atoms with Crippen LogP contribution in [0.25, 0.3) is 0 Å². The summed E-state index contributed by atoms with van der Waals surface area (Å²) < 4.78 is 73.4. The van der Waals surface area contributed by atoms with Crippen molar-refractivity contribution in [2.45, 2.75) is 51.4 Å². The monoisotopic (exact) mass is 342 g/mol. The van der Waals surface area contributed by atoms with Crippen LogP contribution in [0.3, 0.4) is 0 Å². The molecule has 0 aliphatic heterocycles. The van der Waals surface area contributed by atoms with Crippen LogP contribution in [0.4, 0.5) is 26.3 Å². The lowest BCUT2D eigenvalue weighted by atomic mass is 10.0. The predicted molar refractivity (Wildman–Crippen MR) is 67.7 cm³/mol. The van der Waals surface area contributed by atoms with Gasteiger partial charge >= 0.3 is 12.4 Å². The molecule has 0 fully saturated rings. The first-order valence-corrected chi connectivity index (χ1v) is 6.63. The van der Waals surface area contributed by atoms with Gasteiger partial charge in [-0.3, -0.25) is 0 Å². The summed E-state index contributed by atoms with van der Waals surface area (Å²) >= 11 is 11.1. The largest absolute Gasteiger partial charge is 0.420 e. The molecule has 0 aliphatic carbocycles.